The molecule has 3 N–H and O–H groups in total. The quantitative estimate of drug-likeness (QED) is 0.484. The van der Waals surface area contributed by atoms with E-state index in [-0.39, 0.29) is 17.3 Å². The Morgan fingerprint density at radius 2 is 1.73 bits per heavy atom. The van der Waals surface area contributed by atoms with Gasteiger partial charge in [-0.3, -0.25) is 4.55 Å². The summed E-state index contributed by atoms with van der Waals surface area (Å²) in [6.45, 7) is -0.314. The van der Waals surface area contributed by atoms with E-state index >= 15 is 0 Å². The highest BCUT2D eigenvalue weighted by Gasteiger charge is 2.08. The third kappa shape index (κ3) is 3.84. The average molecular weight is 234 g/mol. The molecule has 0 heterocycles. The zero-order valence-electron chi connectivity index (χ0n) is 7.57. The Kier molecular flexibility index (Phi) is 3.64. The molecule has 0 amide bonds. The van der Waals surface area contributed by atoms with Crippen LogP contribution in [0.3, 0.4) is 0 Å². The molecule has 15 heavy (non-hydrogen) atoms. The van der Waals surface area contributed by atoms with E-state index in [4.69, 9.17) is 19.5 Å². The van der Waals surface area contributed by atoms with Crippen molar-refractivity contribution in [2.45, 2.75) is 11.2 Å². The Bertz CT molecular complexity index is 407. The van der Waals surface area contributed by atoms with Crippen molar-refractivity contribution in [1.29, 1.82) is 0 Å². The summed E-state index contributed by atoms with van der Waals surface area (Å²) in [5.41, 5.74) is 0. The summed E-state index contributed by atoms with van der Waals surface area (Å²) in [7, 11) is -4.21. The number of hydrogen-bond acceptors (Lipinski definition) is 5. The first-order chi connectivity index (χ1) is 6.89. The minimum atomic E-state index is -4.21. The van der Waals surface area contributed by atoms with Crippen LogP contribution >= 0.6 is 0 Å². The van der Waals surface area contributed by atoms with Gasteiger partial charge in [0, 0.05) is 0 Å². The van der Waals surface area contributed by atoms with Gasteiger partial charge in [0.05, 0.1) is 4.90 Å². The van der Waals surface area contributed by atoms with Crippen molar-refractivity contribution in [3.05, 3.63) is 24.3 Å². The minimum Gasteiger partial charge on any atom is -0.488 e. The third-order valence-corrected chi connectivity index (χ3v) is 2.39. The molecule has 0 spiro atoms. The molecule has 0 fully saturated rings. The molecule has 0 bridgehead atoms. The number of benzene rings is 1. The van der Waals surface area contributed by atoms with E-state index in [1.807, 2.05) is 0 Å². The smallest absolute Gasteiger partial charge is 0.294 e. The molecule has 1 rings (SSSR count). The van der Waals surface area contributed by atoms with E-state index in [1.165, 1.54) is 12.1 Å². The molecule has 0 aliphatic carbocycles. The fraction of sp³-hybridized carbons (Fsp3) is 0.250. The first kappa shape index (κ1) is 11.9. The maximum absolute atomic E-state index is 10.6. The summed E-state index contributed by atoms with van der Waals surface area (Å²) < 4.78 is 34.8. The van der Waals surface area contributed by atoms with E-state index in [9.17, 15) is 8.42 Å². The lowest BCUT2D eigenvalue weighted by atomic mass is 10.3. The number of aliphatic hydroxyl groups excluding tert-OH is 1. The normalized spacial score (nSPS) is 11.7. The molecule has 84 valence electrons. The second-order valence-corrected chi connectivity index (χ2v) is 4.16. The van der Waals surface area contributed by atoms with Crippen molar-refractivity contribution in [1.82, 2.24) is 0 Å². The van der Waals surface area contributed by atoms with Gasteiger partial charge in [0.1, 0.15) is 12.4 Å². The van der Waals surface area contributed by atoms with Gasteiger partial charge in [0.25, 0.3) is 10.1 Å². The van der Waals surface area contributed by atoms with E-state index in [0.29, 0.717) is 0 Å². The second kappa shape index (κ2) is 4.58. The highest BCUT2D eigenvalue weighted by atomic mass is 32.2. The Hall–Kier alpha value is -1.15. The van der Waals surface area contributed by atoms with E-state index in [2.05, 4.69) is 0 Å². The summed E-state index contributed by atoms with van der Waals surface area (Å²) in [6.07, 6.45) is -1.59. The molecular formula is C8H10O6S. The Morgan fingerprint density at radius 3 is 2.13 bits per heavy atom. The summed E-state index contributed by atoms with van der Waals surface area (Å²) in [4.78, 5) is -0.251. The maximum Gasteiger partial charge on any atom is 0.294 e. The van der Waals surface area contributed by atoms with Crippen LogP contribution in [0.5, 0.6) is 5.75 Å². The first-order valence-corrected chi connectivity index (χ1v) is 5.40. The molecule has 0 aliphatic rings. The molecule has 6 nitrogen and oxygen atoms in total. The standard InChI is InChI=1S/C8H10O6S/c9-8(10)5-14-6-1-3-7(4-2-6)15(11,12)13/h1-4,8-10H,5H2,(H,11,12,13). The van der Waals surface area contributed by atoms with Crippen LogP contribution in [0.4, 0.5) is 0 Å². The molecule has 0 saturated carbocycles. The summed E-state index contributed by atoms with van der Waals surface area (Å²) >= 11 is 0. The number of aliphatic hydroxyl groups is 2. The largest absolute Gasteiger partial charge is 0.488 e. The van der Waals surface area contributed by atoms with Crippen LogP contribution in [-0.4, -0.2) is 36.1 Å². The van der Waals surface area contributed by atoms with Gasteiger partial charge in [0.2, 0.25) is 0 Å². The van der Waals surface area contributed by atoms with E-state index in [0.717, 1.165) is 12.1 Å². The fourth-order valence-electron chi connectivity index (χ4n) is 0.879. The fourth-order valence-corrected chi connectivity index (χ4v) is 1.36. The van der Waals surface area contributed by atoms with E-state index in [1.54, 1.807) is 0 Å². The predicted molar refractivity (Wildman–Crippen MR) is 50.0 cm³/mol. The average Bonchev–Trinajstić information content (AvgIpc) is 2.14. The zero-order chi connectivity index (χ0) is 11.5. The number of ether oxygens (including phenoxy) is 1. The van der Waals surface area contributed by atoms with Crippen LogP contribution in [0.2, 0.25) is 0 Å². The second-order valence-electron chi connectivity index (χ2n) is 2.74. The van der Waals surface area contributed by atoms with Gasteiger partial charge < -0.3 is 14.9 Å². The van der Waals surface area contributed by atoms with Crippen molar-refractivity contribution in [3.63, 3.8) is 0 Å². The predicted octanol–water partition coefficient (Wildman–Crippen LogP) is -0.377. The van der Waals surface area contributed by atoms with Gasteiger partial charge in [0.15, 0.2) is 6.29 Å². The topological polar surface area (TPSA) is 104 Å². The van der Waals surface area contributed by atoms with Crippen molar-refractivity contribution in [3.8, 4) is 5.75 Å². The minimum absolute atomic E-state index is 0.251. The highest BCUT2D eigenvalue weighted by Crippen LogP contribution is 2.15. The lowest BCUT2D eigenvalue weighted by molar-refractivity contribution is -0.0680. The molecule has 0 unspecified atom stereocenters. The van der Waals surface area contributed by atoms with Crippen LogP contribution < -0.4 is 4.74 Å². The first-order valence-electron chi connectivity index (χ1n) is 3.96. The molecule has 1 aromatic carbocycles. The van der Waals surface area contributed by atoms with Crippen LogP contribution in [0.25, 0.3) is 0 Å². The van der Waals surface area contributed by atoms with Crippen LogP contribution in [-0.2, 0) is 10.1 Å². The van der Waals surface area contributed by atoms with Crippen LogP contribution in [0.15, 0.2) is 29.2 Å². The highest BCUT2D eigenvalue weighted by molar-refractivity contribution is 7.85. The molecular weight excluding hydrogens is 224 g/mol. The van der Waals surface area contributed by atoms with Gasteiger partial charge in [-0.05, 0) is 24.3 Å². The van der Waals surface area contributed by atoms with Gasteiger partial charge in [-0.2, -0.15) is 8.42 Å². The monoisotopic (exact) mass is 234 g/mol. The van der Waals surface area contributed by atoms with Crippen molar-refractivity contribution >= 4 is 10.1 Å². The van der Waals surface area contributed by atoms with Crippen molar-refractivity contribution < 1.29 is 27.9 Å². The van der Waals surface area contributed by atoms with Gasteiger partial charge >= 0.3 is 0 Å². The lowest BCUT2D eigenvalue weighted by Gasteiger charge is -2.07. The molecule has 0 aliphatic heterocycles. The van der Waals surface area contributed by atoms with Gasteiger partial charge in [-0.15, -0.1) is 0 Å². The zero-order valence-corrected chi connectivity index (χ0v) is 8.38. The molecule has 7 heteroatoms. The Balaban J connectivity index is 2.73. The lowest BCUT2D eigenvalue weighted by Crippen LogP contribution is -2.15. The maximum atomic E-state index is 10.6. The Morgan fingerprint density at radius 1 is 1.20 bits per heavy atom. The van der Waals surface area contributed by atoms with Crippen molar-refractivity contribution in [2.75, 3.05) is 6.61 Å². The summed E-state index contributed by atoms with van der Waals surface area (Å²) in [5, 5.41) is 17.0. The molecule has 1 aromatic rings. The SMILES string of the molecule is O=S(=O)(O)c1ccc(OCC(O)O)cc1. The third-order valence-electron chi connectivity index (χ3n) is 1.52. The molecule has 0 saturated heterocycles. The van der Waals surface area contributed by atoms with Crippen LogP contribution in [0.1, 0.15) is 0 Å². The van der Waals surface area contributed by atoms with Gasteiger partial charge in [-0.25, -0.2) is 0 Å². The number of rotatable bonds is 4. The van der Waals surface area contributed by atoms with Crippen LogP contribution in [0, 0.1) is 0 Å². The summed E-state index contributed by atoms with van der Waals surface area (Å²) in [5.74, 6) is 0.274. The summed E-state index contributed by atoms with van der Waals surface area (Å²) in [6, 6.07) is 4.89. The molecule has 0 aromatic heterocycles. The molecule has 0 atom stereocenters. The van der Waals surface area contributed by atoms with Crippen molar-refractivity contribution in [2.24, 2.45) is 0 Å². The van der Waals surface area contributed by atoms with Gasteiger partial charge in [-0.1, -0.05) is 0 Å². The van der Waals surface area contributed by atoms with E-state index < -0.39 is 16.4 Å². The number of hydrogen-bond donors (Lipinski definition) is 3. The Labute approximate surface area is 86.5 Å². The molecule has 0 radical (unpaired) electrons.